The highest BCUT2D eigenvalue weighted by atomic mass is 32.1. The number of rotatable bonds is 9. The highest BCUT2D eigenvalue weighted by Crippen LogP contribution is 2.18. The fourth-order valence-electron chi connectivity index (χ4n) is 4.16. The number of thiocarbonyl (C=S) groups is 1. The van der Waals surface area contributed by atoms with Gasteiger partial charge in [0, 0.05) is 38.4 Å². The van der Waals surface area contributed by atoms with Crippen LogP contribution in [-0.2, 0) is 17.8 Å². The molecule has 1 fully saturated rings. The summed E-state index contributed by atoms with van der Waals surface area (Å²) in [7, 11) is 0. The summed E-state index contributed by atoms with van der Waals surface area (Å²) in [4.78, 5) is 16.8. The van der Waals surface area contributed by atoms with Crippen molar-refractivity contribution in [3.8, 4) is 5.75 Å². The van der Waals surface area contributed by atoms with Gasteiger partial charge in [-0.1, -0.05) is 60.7 Å². The minimum Gasteiger partial charge on any atom is -0.489 e. The molecule has 0 saturated carbocycles. The maximum absolute atomic E-state index is 12.4. The zero-order valence-corrected chi connectivity index (χ0v) is 21.4. The zero-order chi connectivity index (χ0) is 25.0. The smallest absolute Gasteiger partial charge is 0.234 e. The predicted molar refractivity (Wildman–Crippen MR) is 149 cm³/mol. The first-order valence-corrected chi connectivity index (χ1v) is 12.9. The van der Waals surface area contributed by atoms with Gasteiger partial charge in [-0.3, -0.25) is 9.69 Å². The Morgan fingerprint density at radius 3 is 2.25 bits per heavy atom. The SMILES string of the molecule is O=C(CN1CCCN(C(=S)Nc2ccc(OCc3ccccc3)cc2)CC1)NCCc1ccccc1. The number of ether oxygens (including phenoxy) is 1. The number of carbonyl (C=O) groups excluding carboxylic acids is 1. The van der Waals surface area contributed by atoms with Gasteiger partial charge in [-0.05, 0) is 60.5 Å². The number of hydrogen-bond acceptors (Lipinski definition) is 4. The van der Waals surface area contributed by atoms with Crippen molar-refractivity contribution in [2.45, 2.75) is 19.4 Å². The molecule has 0 aliphatic carbocycles. The number of benzene rings is 3. The second-order valence-corrected chi connectivity index (χ2v) is 9.32. The third-order valence-electron chi connectivity index (χ3n) is 6.18. The number of nitrogens with one attached hydrogen (secondary N) is 2. The van der Waals surface area contributed by atoms with Crippen LogP contribution in [0.2, 0.25) is 0 Å². The van der Waals surface area contributed by atoms with Gasteiger partial charge in [0.1, 0.15) is 12.4 Å². The molecule has 7 heteroatoms. The Hall–Kier alpha value is -3.42. The van der Waals surface area contributed by atoms with E-state index in [1.54, 1.807) is 0 Å². The Morgan fingerprint density at radius 1 is 0.833 bits per heavy atom. The van der Waals surface area contributed by atoms with Gasteiger partial charge in [0.15, 0.2) is 5.11 Å². The lowest BCUT2D eigenvalue weighted by Crippen LogP contribution is -2.41. The molecule has 0 spiro atoms. The van der Waals surface area contributed by atoms with Gasteiger partial charge < -0.3 is 20.3 Å². The van der Waals surface area contributed by atoms with Crippen LogP contribution in [0, 0.1) is 0 Å². The van der Waals surface area contributed by atoms with Crippen LogP contribution < -0.4 is 15.4 Å². The first-order chi connectivity index (χ1) is 17.7. The first kappa shape index (κ1) is 25.7. The quantitative estimate of drug-likeness (QED) is 0.425. The second kappa shape index (κ2) is 13.6. The molecule has 0 aromatic heterocycles. The van der Waals surface area contributed by atoms with E-state index in [0.717, 1.165) is 56.0 Å². The molecule has 1 aliphatic rings. The van der Waals surface area contributed by atoms with Crippen molar-refractivity contribution in [3.63, 3.8) is 0 Å². The van der Waals surface area contributed by atoms with Gasteiger partial charge in [-0.2, -0.15) is 0 Å². The van der Waals surface area contributed by atoms with Crippen molar-refractivity contribution in [2.75, 3.05) is 44.6 Å². The van der Waals surface area contributed by atoms with E-state index in [1.165, 1.54) is 5.56 Å². The molecular formula is C29H34N4O2S. The van der Waals surface area contributed by atoms with Crippen molar-refractivity contribution in [2.24, 2.45) is 0 Å². The molecule has 3 aromatic rings. The summed E-state index contributed by atoms with van der Waals surface area (Å²) in [6.45, 7) is 4.98. The number of carbonyl (C=O) groups is 1. The Kier molecular flexibility index (Phi) is 9.70. The average Bonchev–Trinajstić information content (AvgIpc) is 3.15. The number of anilines is 1. The summed E-state index contributed by atoms with van der Waals surface area (Å²) in [6.07, 6.45) is 1.81. The van der Waals surface area contributed by atoms with Gasteiger partial charge in [0.2, 0.25) is 5.91 Å². The summed E-state index contributed by atoms with van der Waals surface area (Å²) in [5, 5.41) is 7.10. The third kappa shape index (κ3) is 8.36. The summed E-state index contributed by atoms with van der Waals surface area (Å²) in [5.41, 5.74) is 3.31. The molecule has 3 aromatic carbocycles. The largest absolute Gasteiger partial charge is 0.489 e. The van der Waals surface area contributed by atoms with Gasteiger partial charge in [0.25, 0.3) is 0 Å². The van der Waals surface area contributed by atoms with E-state index in [-0.39, 0.29) is 5.91 Å². The lowest BCUT2D eigenvalue weighted by Gasteiger charge is -2.24. The van der Waals surface area contributed by atoms with Crippen LogP contribution in [0.4, 0.5) is 5.69 Å². The fourth-order valence-corrected chi connectivity index (χ4v) is 4.46. The normalized spacial score (nSPS) is 14.1. The van der Waals surface area contributed by atoms with Crippen LogP contribution in [0.25, 0.3) is 0 Å². The van der Waals surface area contributed by atoms with Gasteiger partial charge in [0.05, 0.1) is 6.54 Å². The predicted octanol–water partition coefficient (Wildman–Crippen LogP) is 4.33. The van der Waals surface area contributed by atoms with Crippen molar-refractivity contribution in [3.05, 3.63) is 96.1 Å². The van der Waals surface area contributed by atoms with Gasteiger partial charge >= 0.3 is 0 Å². The van der Waals surface area contributed by atoms with E-state index in [0.29, 0.717) is 24.8 Å². The van der Waals surface area contributed by atoms with Gasteiger partial charge in [-0.15, -0.1) is 0 Å². The topological polar surface area (TPSA) is 56.8 Å². The molecular weight excluding hydrogens is 468 g/mol. The summed E-state index contributed by atoms with van der Waals surface area (Å²) >= 11 is 5.68. The molecule has 2 N–H and O–H groups in total. The van der Waals surface area contributed by atoms with E-state index >= 15 is 0 Å². The van der Waals surface area contributed by atoms with E-state index < -0.39 is 0 Å². The maximum Gasteiger partial charge on any atom is 0.234 e. The minimum atomic E-state index is 0.0784. The summed E-state index contributed by atoms with van der Waals surface area (Å²) < 4.78 is 5.87. The van der Waals surface area contributed by atoms with Crippen LogP contribution in [0.15, 0.2) is 84.9 Å². The summed E-state index contributed by atoms with van der Waals surface area (Å²) in [5.74, 6) is 0.900. The Bertz CT molecular complexity index is 1090. The number of nitrogens with zero attached hydrogens (tertiary/aromatic N) is 2. The van der Waals surface area contributed by atoms with E-state index in [2.05, 4.69) is 44.7 Å². The standard InChI is InChI=1S/C29H34N4O2S/c34-28(30-17-16-24-8-3-1-4-9-24)22-32-18-7-19-33(21-20-32)29(36)31-26-12-14-27(15-13-26)35-23-25-10-5-2-6-11-25/h1-6,8-15H,7,16-23H2,(H,30,34)(H,31,36). The van der Waals surface area contributed by atoms with E-state index in [4.69, 9.17) is 17.0 Å². The monoisotopic (exact) mass is 502 g/mol. The maximum atomic E-state index is 12.4. The molecule has 6 nitrogen and oxygen atoms in total. The second-order valence-electron chi connectivity index (χ2n) is 8.93. The fraction of sp³-hybridized carbons (Fsp3) is 0.310. The highest BCUT2D eigenvalue weighted by molar-refractivity contribution is 7.80. The molecule has 4 rings (SSSR count). The lowest BCUT2D eigenvalue weighted by atomic mass is 10.1. The lowest BCUT2D eigenvalue weighted by molar-refractivity contribution is -0.122. The number of amides is 1. The highest BCUT2D eigenvalue weighted by Gasteiger charge is 2.18. The molecule has 36 heavy (non-hydrogen) atoms. The molecule has 1 aliphatic heterocycles. The average molecular weight is 503 g/mol. The zero-order valence-electron chi connectivity index (χ0n) is 20.6. The molecule has 1 amide bonds. The van der Waals surface area contributed by atoms with Crippen molar-refractivity contribution >= 4 is 28.9 Å². The molecule has 188 valence electrons. The molecule has 0 radical (unpaired) electrons. The first-order valence-electron chi connectivity index (χ1n) is 12.5. The Balaban J connectivity index is 1.16. The third-order valence-corrected chi connectivity index (χ3v) is 6.54. The van der Waals surface area contributed by atoms with Crippen molar-refractivity contribution in [1.82, 2.24) is 15.1 Å². The Labute approximate surface area is 219 Å². The Morgan fingerprint density at radius 2 is 1.53 bits per heavy atom. The molecule has 0 unspecified atom stereocenters. The van der Waals surface area contributed by atoms with Crippen LogP contribution in [0.5, 0.6) is 5.75 Å². The minimum absolute atomic E-state index is 0.0784. The molecule has 0 bridgehead atoms. The van der Waals surface area contributed by atoms with Crippen molar-refractivity contribution in [1.29, 1.82) is 0 Å². The summed E-state index contributed by atoms with van der Waals surface area (Å²) in [6, 6.07) is 28.2. The molecule has 0 atom stereocenters. The van der Waals surface area contributed by atoms with E-state index in [9.17, 15) is 4.79 Å². The van der Waals surface area contributed by atoms with Crippen LogP contribution in [0.1, 0.15) is 17.5 Å². The number of hydrogen-bond donors (Lipinski definition) is 2. The van der Waals surface area contributed by atoms with Crippen LogP contribution in [0.3, 0.4) is 0 Å². The van der Waals surface area contributed by atoms with E-state index in [1.807, 2.05) is 60.7 Å². The van der Waals surface area contributed by atoms with Crippen LogP contribution in [-0.4, -0.2) is 60.1 Å². The van der Waals surface area contributed by atoms with Crippen LogP contribution >= 0.6 is 12.2 Å². The van der Waals surface area contributed by atoms with Gasteiger partial charge in [-0.25, -0.2) is 0 Å². The molecule has 1 heterocycles. The van der Waals surface area contributed by atoms with Crippen molar-refractivity contribution < 1.29 is 9.53 Å². The molecule has 1 saturated heterocycles.